The van der Waals surface area contributed by atoms with E-state index in [1.165, 1.54) is 38.8 Å². The van der Waals surface area contributed by atoms with Gasteiger partial charge in [-0.25, -0.2) is 0 Å². The van der Waals surface area contributed by atoms with Gasteiger partial charge in [-0.05, 0) is 31.6 Å². The Labute approximate surface area is 134 Å². The van der Waals surface area contributed by atoms with Gasteiger partial charge < -0.3 is 16.9 Å². The summed E-state index contributed by atoms with van der Waals surface area (Å²) in [5, 5.41) is 0. The first-order chi connectivity index (χ1) is 9.65. The van der Waals surface area contributed by atoms with E-state index in [4.69, 9.17) is 0 Å². The van der Waals surface area contributed by atoms with Crippen molar-refractivity contribution in [2.24, 2.45) is 11.8 Å². The van der Waals surface area contributed by atoms with Crippen LogP contribution in [0, 0.1) is 11.8 Å². The Kier molecular flexibility index (Phi) is 5.45. The SMILES string of the molecule is C[N+]1(CCC(=O)c2ccccc2)CCC2CCC(C2)C1.[Cl-]. The van der Waals surface area contributed by atoms with Gasteiger partial charge in [0.2, 0.25) is 0 Å². The van der Waals surface area contributed by atoms with Gasteiger partial charge in [0.25, 0.3) is 0 Å². The van der Waals surface area contributed by atoms with Crippen LogP contribution in [0.3, 0.4) is 0 Å². The molecule has 2 bridgehead atoms. The molecule has 0 aromatic heterocycles. The van der Waals surface area contributed by atoms with E-state index in [1.54, 1.807) is 0 Å². The molecule has 2 fully saturated rings. The molecule has 0 N–H and O–H groups in total. The summed E-state index contributed by atoms with van der Waals surface area (Å²) >= 11 is 0. The molecule has 2 nitrogen and oxygen atoms in total. The summed E-state index contributed by atoms with van der Waals surface area (Å²) in [5.41, 5.74) is 0.871. The molecule has 1 heterocycles. The van der Waals surface area contributed by atoms with Crippen molar-refractivity contribution in [3.05, 3.63) is 35.9 Å². The van der Waals surface area contributed by atoms with Crippen LogP contribution in [-0.4, -0.2) is 36.9 Å². The summed E-state index contributed by atoms with van der Waals surface area (Å²) in [7, 11) is 2.36. The van der Waals surface area contributed by atoms with Crippen LogP contribution in [-0.2, 0) is 0 Å². The van der Waals surface area contributed by atoms with Crippen LogP contribution in [0.25, 0.3) is 0 Å². The molecule has 116 valence electrons. The van der Waals surface area contributed by atoms with Crippen LogP contribution in [0.2, 0.25) is 0 Å². The van der Waals surface area contributed by atoms with Crippen LogP contribution in [0.5, 0.6) is 0 Å². The average Bonchev–Trinajstić information content (AvgIpc) is 2.83. The van der Waals surface area contributed by atoms with Gasteiger partial charge in [0.1, 0.15) is 0 Å². The lowest BCUT2D eigenvalue weighted by atomic mass is 10.0. The number of rotatable bonds is 4. The number of ketones is 1. The molecule has 3 rings (SSSR count). The second-order valence-electron chi connectivity index (χ2n) is 7.12. The number of Topliss-reactive ketones (excluding diaryl/α,β-unsaturated/α-hetero) is 1. The molecule has 2 aliphatic rings. The molecule has 0 spiro atoms. The maximum atomic E-state index is 12.3. The predicted octanol–water partition coefficient (Wildman–Crippen LogP) is 0.530. The smallest absolute Gasteiger partial charge is 0.168 e. The minimum atomic E-state index is 0. The maximum Gasteiger partial charge on any atom is 0.168 e. The number of fused-ring (bicyclic) bond motifs is 2. The second kappa shape index (κ2) is 6.93. The highest BCUT2D eigenvalue weighted by Crippen LogP contribution is 2.38. The van der Waals surface area contributed by atoms with Gasteiger partial charge in [0, 0.05) is 11.5 Å². The first-order valence-corrected chi connectivity index (χ1v) is 8.06. The van der Waals surface area contributed by atoms with Crippen molar-refractivity contribution < 1.29 is 21.7 Å². The summed E-state index contributed by atoms with van der Waals surface area (Å²) in [6, 6.07) is 9.75. The van der Waals surface area contributed by atoms with Gasteiger partial charge in [-0.2, -0.15) is 0 Å². The summed E-state index contributed by atoms with van der Waals surface area (Å²) in [4.78, 5) is 12.3. The number of quaternary nitrogens is 1. The zero-order chi connectivity index (χ0) is 14.0. The summed E-state index contributed by atoms with van der Waals surface area (Å²) in [5.74, 6) is 2.20. The lowest BCUT2D eigenvalue weighted by molar-refractivity contribution is -0.911. The number of hydrogen-bond acceptors (Lipinski definition) is 1. The Hall–Kier alpha value is -0.860. The van der Waals surface area contributed by atoms with E-state index in [0.717, 1.165) is 28.4 Å². The quantitative estimate of drug-likeness (QED) is 0.586. The van der Waals surface area contributed by atoms with E-state index < -0.39 is 0 Å². The van der Waals surface area contributed by atoms with Crippen molar-refractivity contribution >= 4 is 5.78 Å². The van der Waals surface area contributed by atoms with E-state index in [-0.39, 0.29) is 12.4 Å². The highest BCUT2D eigenvalue weighted by molar-refractivity contribution is 5.96. The van der Waals surface area contributed by atoms with Gasteiger partial charge in [-0.15, -0.1) is 0 Å². The van der Waals surface area contributed by atoms with Crippen LogP contribution in [0.1, 0.15) is 42.5 Å². The number of benzene rings is 1. The van der Waals surface area contributed by atoms with Crippen molar-refractivity contribution in [3.8, 4) is 0 Å². The zero-order valence-corrected chi connectivity index (χ0v) is 13.7. The molecule has 1 aliphatic carbocycles. The molecule has 1 aliphatic heterocycles. The third kappa shape index (κ3) is 4.08. The number of carbonyl (C=O) groups excluding carboxylic acids is 1. The number of hydrogen-bond donors (Lipinski definition) is 0. The molecule has 3 unspecified atom stereocenters. The number of nitrogens with zero attached hydrogens (tertiary/aromatic N) is 1. The molecule has 1 saturated carbocycles. The largest absolute Gasteiger partial charge is 1.00 e. The fourth-order valence-electron chi connectivity index (χ4n) is 4.16. The fourth-order valence-corrected chi connectivity index (χ4v) is 4.16. The molecule has 21 heavy (non-hydrogen) atoms. The number of likely N-dealkylation sites (tertiary alicyclic amines) is 1. The lowest BCUT2D eigenvalue weighted by Gasteiger charge is -2.36. The normalized spacial score (nSPS) is 31.3. The van der Waals surface area contributed by atoms with Gasteiger partial charge in [-0.3, -0.25) is 4.79 Å². The van der Waals surface area contributed by atoms with Gasteiger partial charge in [0.05, 0.1) is 33.1 Å². The molecule has 1 aromatic carbocycles. The Balaban J connectivity index is 0.00000161. The van der Waals surface area contributed by atoms with Crippen LogP contribution in [0.4, 0.5) is 0 Å². The summed E-state index contributed by atoms with van der Waals surface area (Å²) in [6.07, 6.45) is 6.38. The minimum absolute atomic E-state index is 0. The Morgan fingerprint density at radius 3 is 2.62 bits per heavy atom. The van der Waals surface area contributed by atoms with Crippen LogP contribution < -0.4 is 12.4 Å². The van der Waals surface area contributed by atoms with Crippen molar-refractivity contribution in [1.29, 1.82) is 0 Å². The third-order valence-electron chi connectivity index (χ3n) is 5.40. The second-order valence-corrected chi connectivity index (χ2v) is 7.12. The molecule has 0 amide bonds. The van der Waals surface area contributed by atoms with Crippen LogP contribution >= 0.6 is 0 Å². The molecule has 3 atom stereocenters. The highest BCUT2D eigenvalue weighted by atomic mass is 35.5. The monoisotopic (exact) mass is 307 g/mol. The van der Waals surface area contributed by atoms with Crippen molar-refractivity contribution in [1.82, 2.24) is 0 Å². The maximum absolute atomic E-state index is 12.3. The van der Waals surface area contributed by atoms with E-state index >= 15 is 0 Å². The Morgan fingerprint density at radius 1 is 1.14 bits per heavy atom. The minimum Gasteiger partial charge on any atom is -1.00 e. The molecule has 1 saturated heterocycles. The first-order valence-electron chi connectivity index (χ1n) is 8.06. The standard InChI is InChI=1S/C18H26NO.ClH/c1-19(11-9-15-7-8-16(13-15)14-19)12-10-18(20)17-5-3-2-4-6-17;/h2-6,15-16H,7-14H2,1H3;1H/q+1;/p-1. The van der Waals surface area contributed by atoms with Crippen molar-refractivity contribution in [3.63, 3.8) is 0 Å². The predicted molar refractivity (Wildman–Crippen MR) is 81.6 cm³/mol. The molecular weight excluding hydrogens is 282 g/mol. The van der Waals surface area contributed by atoms with Crippen molar-refractivity contribution in [2.75, 3.05) is 26.7 Å². The summed E-state index contributed by atoms with van der Waals surface area (Å²) in [6.45, 7) is 3.57. The average molecular weight is 308 g/mol. The Bertz CT molecular complexity index is 475. The van der Waals surface area contributed by atoms with E-state index in [0.29, 0.717) is 12.2 Å². The first kappa shape index (κ1) is 16.5. The van der Waals surface area contributed by atoms with Gasteiger partial charge in [-0.1, -0.05) is 30.3 Å². The van der Waals surface area contributed by atoms with E-state index in [9.17, 15) is 4.79 Å². The highest BCUT2D eigenvalue weighted by Gasteiger charge is 2.37. The Morgan fingerprint density at radius 2 is 1.86 bits per heavy atom. The molecular formula is C18H26ClNO. The molecule has 0 radical (unpaired) electrons. The lowest BCUT2D eigenvalue weighted by Crippen LogP contribution is -3.00. The third-order valence-corrected chi connectivity index (χ3v) is 5.40. The van der Waals surface area contributed by atoms with E-state index in [1.807, 2.05) is 30.3 Å². The van der Waals surface area contributed by atoms with E-state index in [2.05, 4.69) is 7.05 Å². The zero-order valence-electron chi connectivity index (χ0n) is 12.9. The summed E-state index contributed by atoms with van der Waals surface area (Å²) < 4.78 is 1.11. The molecule has 1 aromatic rings. The number of halogens is 1. The molecule has 3 heteroatoms. The number of carbonyl (C=O) groups is 1. The van der Waals surface area contributed by atoms with Crippen molar-refractivity contribution in [2.45, 2.75) is 32.1 Å². The van der Waals surface area contributed by atoms with Gasteiger partial charge in [0.15, 0.2) is 5.78 Å². The fraction of sp³-hybridized carbons (Fsp3) is 0.611. The topological polar surface area (TPSA) is 17.1 Å². The van der Waals surface area contributed by atoms with Crippen LogP contribution in [0.15, 0.2) is 30.3 Å². The van der Waals surface area contributed by atoms with Gasteiger partial charge >= 0.3 is 0 Å².